The van der Waals surface area contributed by atoms with E-state index in [1.165, 1.54) is 23.9 Å². The molecule has 0 fully saturated rings. The van der Waals surface area contributed by atoms with Crippen molar-refractivity contribution in [2.45, 2.75) is 11.3 Å². The second-order valence-corrected chi connectivity index (χ2v) is 5.92. The highest BCUT2D eigenvalue weighted by Gasteiger charge is 2.15. The molecular formula is C17H15FN2O3S. The third-order valence-corrected chi connectivity index (χ3v) is 4.26. The molecular weight excluding hydrogens is 331 g/mol. The molecule has 3 rings (SSSR count). The van der Waals surface area contributed by atoms with E-state index in [2.05, 4.69) is 10.2 Å². The Morgan fingerprint density at radius 1 is 1.17 bits per heavy atom. The molecule has 124 valence electrons. The van der Waals surface area contributed by atoms with Gasteiger partial charge in [0.05, 0.1) is 18.8 Å². The Kier molecular flexibility index (Phi) is 5.12. The zero-order valence-electron chi connectivity index (χ0n) is 12.8. The predicted octanol–water partition coefficient (Wildman–Crippen LogP) is 3.71. The molecule has 0 unspecified atom stereocenters. The normalized spacial score (nSPS) is 12.1. The second kappa shape index (κ2) is 7.46. The summed E-state index contributed by atoms with van der Waals surface area (Å²) in [5.41, 5.74) is 1.34. The lowest BCUT2D eigenvalue weighted by Crippen LogP contribution is -2.00. The minimum absolute atomic E-state index is 0.319. The smallest absolute Gasteiger partial charge is 0.276 e. The SMILES string of the molecule is COc1ccccc1-c1nnc(SC[C@H](O)c2ccc(F)cc2)o1. The molecule has 2 aromatic carbocycles. The molecule has 1 atom stereocenters. The van der Waals surface area contributed by atoms with Gasteiger partial charge in [-0.3, -0.25) is 0 Å². The van der Waals surface area contributed by atoms with Crippen molar-refractivity contribution in [3.8, 4) is 17.2 Å². The van der Waals surface area contributed by atoms with E-state index in [0.717, 1.165) is 0 Å². The number of nitrogens with zero attached hydrogens (tertiary/aromatic N) is 2. The van der Waals surface area contributed by atoms with Crippen LogP contribution in [0.2, 0.25) is 0 Å². The maximum atomic E-state index is 12.9. The van der Waals surface area contributed by atoms with Crippen molar-refractivity contribution in [1.29, 1.82) is 0 Å². The summed E-state index contributed by atoms with van der Waals surface area (Å²) in [6.45, 7) is 0. The summed E-state index contributed by atoms with van der Waals surface area (Å²) in [7, 11) is 1.57. The van der Waals surface area contributed by atoms with Crippen molar-refractivity contribution in [2.24, 2.45) is 0 Å². The number of aromatic nitrogens is 2. The Morgan fingerprint density at radius 2 is 1.92 bits per heavy atom. The number of aliphatic hydroxyl groups is 1. The molecule has 1 aromatic heterocycles. The molecule has 0 saturated heterocycles. The van der Waals surface area contributed by atoms with Gasteiger partial charge >= 0.3 is 0 Å². The Labute approximate surface area is 142 Å². The number of rotatable bonds is 6. The number of hydrogen-bond donors (Lipinski definition) is 1. The van der Waals surface area contributed by atoms with Gasteiger partial charge in [0, 0.05) is 5.75 Å². The molecule has 7 heteroatoms. The minimum Gasteiger partial charge on any atom is -0.496 e. The van der Waals surface area contributed by atoms with Crippen molar-refractivity contribution in [3.63, 3.8) is 0 Å². The van der Waals surface area contributed by atoms with Crippen LogP contribution in [-0.4, -0.2) is 28.2 Å². The lowest BCUT2D eigenvalue weighted by molar-refractivity contribution is 0.203. The highest BCUT2D eigenvalue weighted by molar-refractivity contribution is 7.99. The van der Waals surface area contributed by atoms with Crippen LogP contribution in [0.4, 0.5) is 4.39 Å². The van der Waals surface area contributed by atoms with Crippen LogP contribution in [0.25, 0.3) is 11.5 Å². The summed E-state index contributed by atoms with van der Waals surface area (Å²) < 4.78 is 23.8. The molecule has 0 bridgehead atoms. The molecule has 1 N–H and O–H groups in total. The summed E-state index contributed by atoms with van der Waals surface area (Å²) in [6.07, 6.45) is -0.753. The first-order chi connectivity index (χ1) is 11.7. The van der Waals surface area contributed by atoms with Crippen LogP contribution >= 0.6 is 11.8 Å². The van der Waals surface area contributed by atoms with E-state index in [4.69, 9.17) is 9.15 Å². The van der Waals surface area contributed by atoms with E-state index in [9.17, 15) is 9.50 Å². The highest BCUT2D eigenvalue weighted by atomic mass is 32.2. The first kappa shape index (κ1) is 16.5. The van der Waals surface area contributed by atoms with Crippen LogP contribution in [-0.2, 0) is 0 Å². The molecule has 24 heavy (non-hydrogen) atoms. The van der Waals surface area contributed by atoms with Gasteiger partial charge in [-0.1, -0.05) is 36.0 Å². The quantitative estimate of drug-likeness (QED) is 0.686. The molecule has 3 aromatic rings. The first-order valence-corrected chi connectivity index (χ1v) is 8.19. The molecule has 0 amide bonds. The third-order valence-electron chi connectivity index (χ3n) is 3.36. The van der Waals surface area contributed by atoms with Crippen molar-refractivity contribution >= 4 is 11.8 Å². The molecule has 0 radical (unpaired) electrons. The van der Waals surface area contributed by atoms with Crippen molar-refractivity contribution in [1.82, 2.24) is 10.2 Å². The lowest BCUT2D eigenvalue weighted by Gasteiger charge is -2.08. The van der Waals surface area contributed by atoms with Gasteiger partial charge in [0.15, 0.2) is 0 Å². The van der Waals surface area contributed by atoms with Gasteiger partial charge in [-0.05, 0) is 29.8 Å². The lowest BCUT2D eigenvalue weighted by atomic mass is 10.1. The maximum Gasteiger partial charge on any atom is 0.276 e. The van der Waals surface area contributed by atoms with Crippen molar-refractivity contribution < 1.29 is 18.7 Å². The number of benzene rings is 2. The van der Waals surface area contributed by atoms with Crippen molar-refractivity contribution in [3.05, 3.63) is 59.9 Å². The number of ether oxygens (including phenoxy) is 1. The van der Waals surface area contributed by atoms with E-state index in [0.29, 0.717) is 33.7 Å². The summed E-state index contributed by atoms with van der Waals surface area (Å²) in [4.78, 5) is 0. The summed E-state index contributed by atoms with van der Waals surface area (Å²) in [5, 5.41) is 18.4. The molecule has 0 aliphatic heterocycles. The van der Waals surface area contributed by atoms with Crippen LogP contribution in [0, 0.1) is 5.82 Å². The van der Waals surface area contributed by atoms with E-state index in [1.54, 1.807) is 19.2 Å². The molecule has 0 aliphatic rings. The van der Waals surface area contributed by atoms with Crippen LogP contribution in [0.15, 0.2) is 58.2 Å². The van der Waals surface area contributed by atoms with Gasteiger partial charge in [0.1, 0.15) is 11.6 Å². The Bertz CT molecular complexity index is 808. The fourth-order valence-electron chi connectivity index (χ4n) is 2.13. The van der Waals surface area contributed by atoms with Gasteiger partial charge in [0.25, 0.3) is 11.1 Å². The third kappa shape index (κ3) is 3.74. The fourth-order valence-corrected chi connectivity index (χ4v) is 2.86. The van der Waals surface area contributed by atoms with Crippen LogP contribution in [0.1, 0.15) is 11.7 Å². The monoisotopic (exact) mass is 346 g/mol. The van der Waals surface area contributed by atoms with Crippen LogP contribution < -0.4 is 4.74 Å². The van der Waals surface area contributed by atoms with Gasteiger partial charge in [-0.25, -0.2) is 4.39 Å². The standard InChI is InChI=1S/C17H15FN2O3S/c1-22-15-5-3-2-4-13(15)16-19-20-17(23-16)24-10-14(21)11-6-8-12(18)9-7-11/h2-9,14,21H,10H2,1H3/t14-/m0/s1. The largest absolute Gasteiger partial charge is 0.496 e. The maximum absolute atomic E-state index is 12.9. The fraction of sp³-hybridized carbons (Fsp3) is 0.176. The zero-order valence-corrected chi connectivity index (χ0v) is 13.7. The Morgan fingerprint density at radius 3 is 2.67 bits per heavy atom. The zero-order chi connectivity index (χ0) is 16.9. The van der Waals surface area contributed by atoms with Crippen LogP contribution in [0.5, 0.6) is 5.75 Å². The van der Waals surface area contributed by atoms with Gasteiger partial charge in [-0.15, -0.1) is 10.2 Å². The summed E-state index contributed by atoms with van der Waals surface area (Å²) in [6, 6.07) is 13.1. The van der Waals surface area contributed by atoms with E-state index < -0.39 is 6.10 Å². The van der Waals surface area contributed by atoms with E-state index in [1.807, 2.05) is 24.3 Å². The van der Waals surface area contributed by atoms with Gasteiger partial charge < -0.3 is 14.3 Å². The Hall–Kier alpha value is -2.38. The first-order valence-electron chi connectivity index (χ1n) is 7.20. The molecule has 5 nitrogen and oxygen atoms in total. The van der Waals surface area contributed by atoms with Gasteiger partial charge in [-0.2, -0.15) is 0 Å². The molecule has 1 heterocycles. The topological polar surface area (TPSA) is 68.4 Å². The number of thioether (sulfide) groups is 1. The molecule has 0 spiro atoms. The van der Waals surface area contributed by atoms with Crippen molar-refractivity contribution in [2.75, 3.05) is 12.9 Å². The number of halogens is 1. The summed E-state index contributed by atoms with van der Waals surface area (Å²) >= 11 is 1.23. The average molecular weight is 346 g/mol. The molecule has 0 saturated carbocycles. The second-order valence-electron chi connectivity index (χ2n) is 4.95. The van der Waals surface area contributed by atoms with Crippen LogP contribution in [0.3, 0.4) is 0 Å². The van der Waals surface area contributed by atoms with Gasteiger partial charge in [0.2, 0.25) is 0 Å². The predicted molar refractivity (Wildman–Crippen MR) is 88.4 cm³/mol. The average Bonchev–Trinajstić information content (AvgIpc) is 3.09. The number of hydrogen-bond acceptors (Lipinski definition) is 6. The highest BCUT2D eigenvalue weighted by Crippen LogP contribution is 2.31. The minimum atomic E-state index is -0.753. The number of para-hydroxylation sites is 1. The number of aliphatic hydroxyl groups excluding tert-OH is 1. The Balaban J connectivity index is 1.67. The van der Waals surface area contributed by atoms with E-state index in [-0.39, 0.29) is 5.82 Å². The number of methoxy groups -OCH3 is 1. The van der Waals surface area contributed by atoms with E-state index >= 15 is 0 Å². The summed E-state index contributed by atoms with van der Waals surface area (Å²) in [5.74, 6) is 0.978. The molecule has 0 aliphatic carbocycles.